The van der Waals surface area contributed by atoms with E-state index in [4.69, 9.17) is 0 Å². The number of anilines is 2. The van der Waals surface area contributed by atoms with Crippen molar-refractivity contribution in [1.29, 1.82) is 0 Å². The lowest BCUT2D eigenvalue weighted by Gasteiger charge is -2.26. The first-order valence-corrected chi connectivity index (χ1v) is 15.6. The standard InChI is InChI=1S/C35H37FN6O3/c1-21-19-38-41(2)32(21)23-5-8-26(9-6-23)39-33(44)31(40-34(45)35(36)13-14-35)28-10-7-22-3-4-24(17-29(22)28)25-11-15-37-30(18-25)42-16-12-27(43)20-42/h3-6,8-9,11,15,17-19,27-28,31,43H,7,10,12-14,16,20H2,1-2H3,(H,39,44)(H,40,45)/t27-,28+,31-/m0/s1. The maximum Gasteiger partial charge on any atom is 0.258 e. The first-order chi connectivity index (χ1) is 21.7. The Kier molecular flexibility index (Phi) is 7.40. The highest BCUT2D eigenvalue weighted by molar-refractivity contribution is 6.00. The van der Waals surface area contributed by atoms with Crippen molar-refractivity contribution in [3.8, 4) is 22.4 Å². The van der Waals surface area contributed by atoms with E-state index in [-0.39, 0.29) is 30.8 Å². The van der Waals surface area contributed by atoms with Crippen molar-refractivity contribution in [2.45, 2.75) is 62.8 Å². The summed E-state index contributed by atoms with van der Waals surface area (Å²) in [5.74, 6) is -0.606. The fourth-order valence-corrected chi connectivity index (χ4v) is 6.73. The zero-order valence-electron chi connectivity index (χ0n) is 25.5. The SMILES string of the molecule is Cc1cnn(C)c1-c1ccc(NC(=O)[C@@H](NC(=O)C2(F)CC2)[C@@H]2CCc3ccc(-c4ccnc(N5CC[C@H](O)C5)c4)cc32)cc1. The van der Waals surface area contributed by atoms with Gasteiger partial charge in [-0.3, -0.25) is 14.3 Å². The largest absolute Gasteiger partial charge is 0.391 e. The van der Waals surface area contributed by atoms with Crippen LogP contribution in [0, 0.1) is 6.92 Å². The Morgan fingerprint density at radius 1 is 1.04 bits per heavy atom. The predicted octanol–water partition coefficient (Wildman–Crippen LogP) is 4.68. The number of rotatable bonds is 8. The number of halogens is 1. The molecule has 1 saturated carbocycles. The van der Waals surface area contributed by atoms with Crippen molar-refractivity contribution >= 4 is 23.3 Å². The number of aliphatic hydroxyl groups excluding tert-OH is 1. The van der Waals surface area contributed by atoms with Gasteiger partial charge in [-0.1, -0.05) is 30.3 Å². The lowest BCUT2D eigenvalue weighted by atomic mass is 9.90. The van der Waals surface area contributed by atoms with Crippen LogP contribution in [0.25, 0.3) is 22.4 Å². The molecule has 0 spiro atoms. The Morgan fingerprint density at radius 3 is 2.49 bits per heavy atom. The first-order valence-electron chi connectivity index (χ1n) is 15.6. The van der Waals surface area contributed by atoms with E-state index in [2.05, 4.69) is 43.8 Å². The van der Waals surface area contributed by atoms with E-state index >= 15 is 0 Å². The Bertz CT molecular complexity index is 1750. The highest BCUT2D eigenvalue weighted by atomic mass is 19.1. The van der Waals surface area contributed by atoms with Gasteiger partial charge in [0.05, 0.1) is 18.0 Å². The number of β-amino-alcohol motifs (C(OH)–C–C–N with tert-alkyl or cyclic N) is 1. The summed E-state index contributed by atoms with van der Waals surface area (Å²) in [5.41, 5.74) is 5.75. The molecule has 45 heavy (non-hydrogen) atoms. The monoisotopic (exact) mass is 608 g/mol. The maximum absolute atomic E-state index is 14.9. The van der Waals surface area contributed by atoms with Crippen molar-refractivity contribution in [2.24, 2.45) is 7.05 Å². The second kappa shape index (κ2) is 11.4. The number of hydrogen-bond acceptors (Lipinski definition) is 6. The number of amides is 2. The average Bonchev–Trinajstić information content (AvgIpc) is 3.31. The van der Waals surface area contributed by atoms with Gasteiger partial charge >= 0.3 is 0 Å². The van der Waals surface area contributed by atoms with Gasteiger partial charge in [0.15, 0.2) is 5.67 Å². The van der Waals surface area contributed by atoms with Crippen LogP contribution >= 0.6 is 0 Å². The van der Waals surface area contributed by atoms with Crippen molar-refractivity contribution < 1.29 is 19.1 Å². The molecule has 3 heterocycles. The van der Waals surface area contributed by atoms with Gasteiger partial charge in [-0.05, 0) is 91.1 Å². The van der Waals surface area contributed by atoms with Crippen molar-refractivity contribution in [3.05, 3.63) is 83.7 Å². The first kappa shape index (κ1) is 29.2. The Hall–Kier alpha value is -4.57. The molecule has 0 radical (unpaired) electrons. The van der Waals surface area contributed by atoms with Gasteiger partial charge in [-0.2, -0.15) is 5.10 Å². The second-order valence-electron chi connectivity index (χ2n) is 12.6. The summed E-state index contributed by atoms with van der Waals surface area (Å²) in [4.78, 5) is 33.5. The number of nitrogens with zero attached hydrogens (tertiary/aromatic N) is 4. The Labute approximate surface area is 261 Å². The second-order valence-corrected chi connectivity index (χ2v) is 12.6. The molecule has 1 saturated heterocycles. The van der Waals surface area contributed by atoms with Crippen molar-refractivity contribution in [1.82, 2.24) is 20.1 Å². The zero-order chi connectivity index (χ0) is 31.3. The fourth-order valence-electron chi connectivity index (χ4n) is 6.73. The van der Waals surface area contributed by atoms with E-state index in [9.17, 15) is 19.1 Å². The summed E-state index contributed by atoms with van der Waals surface area (Å²) in [6.45, 7) is 3.31. The molecule has 0 bridgehead atoms. The Morgan fingerprint density at radius 2 is 1.80 bits per heavy atom. The minimum Gasteiger partial charge on any atom is -0.391 e. The molecule has 9 nitrogen and oxygen atoms in total. The van der Waals surface area contributed by atoms with Crippen molar-refractivity contribution in [3.63, 3.8) is 0 Å². The average molecular weight is 609 g/mol. The van der Waals surface area contributed by atoms with Crippen molar-refractivity contribution in [2.75, 3.05) is 23.3 Å². The lowest BCUT2D eigenvalue weighted by molar-refractivity contribution is -0.131. The van der Waals surface area contributed by atoms with Gasteiger partial charge in [0.1, 0.15) is 11.9 Å². The smallest absolute Gasteiger partial charge is 0.258 e. The van der Waals surface area contributed by atoms with E-state index in [1.165, 1.54) is 0 Å². The molecule has 4 aromatic rings. The number of pyridine rings is 1. The third-order valence-corrected chi connectivity index (χ3v) is 9.45. The normalized spacial score (nSPS) is 20.5. The molecule has 2 fully saturated rings. The lowest BCUT2D eigenvalue weighted by Crippen LogP contribution is -2.50. The molecule has 10 heteroatoms. The summed E-state index contributed by atoms with van der Waals surface area (Å²) < 4.78 is 16.7. The third-order valence-electron chi connectivity index (χ3n) is 9.45. The van der Waals surface area contributed by atoms with Crippen LogP contribution < -0.4 is 15.5 Å². The molecular weight excluding hydrogens is 571 g/mol. The summed E-state index contributed by atoms with van der Waals surface area (Å²) >= 11 is 0. The van der Waals surface area contributed by atoms with Gasteiger partial charge in [0.25, 0.3) is 5.91 Å². The van der Waals surface area contributed by atoms with Crippen LogP contribution in [-0.2, 0) is 23.1 Å². The summed E-state index contributed by atoms with van der Waals surface area (Å²) in [6, 6.07) is 16.8. The van der Waals surface area contributed by atoms with E-state index in [1.807, 2.05) is 61.2 Å². The molecule has 3 N–H and O–H groups in total. The molecule has 0 unspecified atom stereocenters. The van der Waals surface area contributed by atoms with Crippen LogP contribution in [0.3, 0.4) is 0 Å². The molecule has 7 rings (SSSR count). The number of aromatic nitrogens is 3. The number of carbonyl (C=O) groups excluding carboxylic acids is 2. The maximum atomic E-state index is 14.9. The van der Waals surface area contributed by atoms with Crippen LogP contribution in [-0.4, -0.2) is 62.6 Å². The quantitative estimate of drug-likeness (QED) is 0.268. The number of aliphatic hydroxyl groups is 1. The molecule has 1 aliphatic heterocycles. The third kappa shape index (κ3) is 5.70. The molecule has 232 valence electrons. The minimum absolute atomic E-state index is 0.173. The van der Waals surface area contributed by atoms with Crippen LogP contribution in [0.4, 0.5) is 15.9 Å². The van der Waals surface area contributed by atoms with Gasteiger partial charge in [-0.25, -0.2) is 9.37 Å². The number of alkyl halides is 1. The van der Waals surface area contributed by atoms with Gasteiger partial charge in [-0.15, -0.1) is 0 Å². The number of nitrogens with one attached hydrogen (secondary N) is 2. The molecule has 3 aliphatic rings. The number of benzene rings is 2. The van der Waals surface area contributed by atoms with Crippen LogP contribution in [0.1, 0.15) is 48.3 Å². The topological polar surface area (TPSA) is 112 Å². The predicted molar refractivity (Wildman–Crippen MR) is 171 cm³/mol. The van der Waals surface area contributed by atoms with Gasteiger partial charge in [0.2, 0.25) is 5.91 Å². The van der Waals surface area contributed by atoms with E-state index < -0.39 is 17.6 Å². The molecular formula is C35H37FN6O3. The Balaban J connectivity index is 1.16. The van der Waals surface area contributed by atoms with Gasteiger partial charge in [0, 0.05) is 43.5 Å². The number of fused-ring (bicyclic) bond motifs is 1. The molecule has 2 aromatic carbocycles. The highest BCUT2D eigenvalue weighted by Crippen LogP contribution is 2.42. The summed E-state index contributed by atoms with van der Waals surface area (Å²) in [5, 5.41) is 20.1. The van der Waals surface area contributed by atoms with E-state index in [0.717, 1.165) is 64.3 Å². The molecule has 2 amide bonds. The van der Waals surface area contributed by atoms with Crippen LogP contribution in [0.15, 0.2) is 67.0 Å². The fraction of sp³-hybridized carbons (Fsp3) is 0.371. The van der Waals surface area contributed by atoms with Crippen LogP contribution in [0.2, 0.25) is 0 Å². The van der Waals surface area contributed by atoms with E-state index in [0.29, 0.717) is 18.7 Å². The van der Waals surface area contributed by atoms with Gasteiger partial charge < -0.3 is 20.6 Å². The van der Waals surface area contributed by atoms with E-state index in [1.54, 1.807) is 6.20 Å². The molecule has 3 atom stereocenters. The highest BCUT2D eigenvalue weighted by Gasteiger charge is 2.52. The number of aryl methyl sites for hydroxylation is 3. The number of carbonyl (C=O) groups is 2. The summed E-state index contributed by atoms with van der Waals surface area (Å²) in [7, 11) is 1.89. The molecule has 2 aromatic heterocycles. The zero-order valence-corrected chi connectivity index (χ0v) is 25.5. The number of hydrogen-bond donors (Lipinski definition) is 3. The van der Waals surface area contributed by atoms with Crippen LogP contribution in [0.5, 0.6) is 0 Å². The minimum atomic E-state index is -1.90. The molecule has 2 aliphatic carbocycles. The summed E-state index contributed by atoms with van der Waals surface area (Å²) in [6.07, 6.45) is 5.71.